The van der Waals surface area contributed by atoms with Crippen LogP contribution in [0, 0.1) is 12.3 Å². The number of ether oxygens (including phenoxy) is 1. The smallest absolute Gasteiger partial charge is 0.259 e. The molecule has 2 aromatic carbocycles. The number of amides is 2. The van der Waals surface area contributed by atoms with Crippen LogP contribution < -0.4 is 4.74 Å². The predicted octanol–water partition coefficient (Wildman–Crippen LogP) is 6.66. The summed E-state index contributed by atoms with van der Waals surface area (Å²) >= 11 is 12.4. The zero-order chi connectivity index (χ0) is 27.4. The van der Waals surface area contributed by atoms with Gasteiger partial charge in [0, 0.05) is 48.6 Å². The highest BCUT2D eigenvalue weighted by Crippen LogP contribution is 2.39. The Hall–Kier alpha value is -3.03. The van der Waals surface area contributed by atoms with Crippen LogP contribution in [0.15, 0.2) is 53.1 Å². The van der Waals surface area contributed by atoms with Gasteiger partial charge in [-0.2, -0.15) is 0 Å². The SMILES string of the molecule is Cc1onc(-c2ccccc2Cl)c1C(=O)N1CCC(COc2ccc(Cl)cc2)(CC(=O)N2CCCCC2)CC1. The molecule has 5 rings (SSSR count). The topological polar surface area (TPSA) is 75.9 Å². The van der Waals surface area contributed by atoms with E-state index in [-0.39, 0.29) is 17.2 Å². The average molecular weight is 571 g/mol. The monoisotopic (exact) mass is 569 g/mol. The molecule has 3 aromatic rings. The van der Waals surface area contributed by atoms with Gasteiger partial charge in [-0.25, -0.2) is 0 Å². The molecule has 206 valence electrons. The van der Waals surface area contributed by atoms with Crippen molar-refractivity contribution in [2.45, 2.75) is 45.4 Å². The lowest BCUT2D eigenvalue weighted by Gasteiger charge is -2.42. The van der Waals surface area contributed by atoms with Crippen LogP contribution >= 0.6 is 23.2 Å². The summed E-state index contributed by atoms with van der Waals surface area (Å²) in [6.07, 6.45) is 4.97. The lowest BCUT2D eigenvalue weighted by Crippen LogP contribution is -2.48. The Kier molecular flexibility index (Phi) is 8.48. The minimum atomic E-state index is -0.375. The summed E-state index contributed by atoms with van der Waals surface area (Å²) in [6.45, 7) is 4.77. The Morgan fingerprint density at radius 2 is 1.64 bits per heavy atom. The van der Waals surface area contributed by atoms with Gasteiger partial charge in [0.25, 0.3) is 5.91 Å². The first-order valence-corrected chi connectivity index (χ1v) is 14.3. The maximum atomic E-state index is 13.7. The number of aryl methyl sites for hydroxylation is 1. The maximum absolute atomic E-state index is 13.7. The molecule has 1 aromatic heterocycles. The lowest BCUT2D eigenvalue weighted by molar-refractivity contribution is -0.136. The summed E-state index contributed by atoms with van der Waals surface area (Å²) in [7, 11) is 0. The Morgan fingerprint density at radius 3 is 2.33 bits per heavy atom. The second kappa shape index (κ2) is 12.0. The number of carbonyl (C=O) groups excluding carboxylic acids is 2. The van der Waals surface area contributed by atoms with Crippen molar-refractivity contribution in [3.8, 4) is 17.0 Å². The van der Waals surface area contributed by atoms with E-state index in [1.165, 1.54) is 6.42 Å². The molecular formula is C30H33Cl2N3O4. The number of likely N-dealkylation sites (tertiary alicyclic amines) is 2. The van der Waals surface area contributed by atoms with E-state index in [4.69, 9.17) is 32.5 Å². The molecule has 2 fully saturated rings. The largest absolute Gasteiger partial charge is 0.493 e. The van der Waals surface area contributed by atoms with E-state index in [9.17, 15) is 9.59 Å². The second-order valence-electron chi connectivity index (χ2n) is 10.6. The van der Waals surface area contributed by atoms with E-state index < -0.39 is 0 Å². The van der Waals surface area contributed by atoms with Crippen LogP contribution in [0.4, 0.5) is 0 Å². The fraction of sp³-hybridized carbons (Fsp3) is 0.433. The normalized spacial score (nSPS) is 17.2. The third-order valence-corrected chi connectivity index (χ3v) is 8.49. The Balaban J connectivity index is 1.33. The quantitative estimate of drug-likeness (QED) is 0.318. The standard InChI is InChI=1S/C30H33Cl2N3O4/c1-21-27(28(33-39-21)24-7-3-4-8-25(24)32)29(37)35-17-13-30(14-18-35,19-26(36)34-15-5-2-6-16-34)20-38-23-11-9-22(31)10-12-23/h3-4,7-12H,2,5-6,13-20H2,1H3. The molecule has 0 N–H and O–H groups in total. The van der Waals surface area contributed by atoms with Crippen molar-refractivity contribution < 1.29 is 18.8 Å². The van der Waals surface area contributed by atoms with Gasteiger partial charge in [-0.3, -0.25) is 9.59 Å². The van der Waals surface area contributed by atoms with Crippen LogP contribution in [0.1, 0.15) is 54.6 Å². The summed E-state index contributed by atoms with van der Waals surface area (Å²) in [5.74, 6) is 1.20. The van der Waals surface area contributed by atoms with Crippen LogP contribution in [0.25, 0.3) is 11.3 Å². The molecule has 0 spiro atoms. The van der Waals surface area contributed by atoms with Crippen molar-refractivity contribution >= 4 is 35.0 Å². The molecule has 2 aliphatic heterocycles. The first-order valence-electron chi connectivity index (χ1n) is 13.5. The molecule has 2 saturated heterocycles. The van der Waals surface area contributed by atoms with Gasteiger partial charge in [-0.05, 0) is 69.4 Å². The van der Waals surface area contributed by atoms with Crippen molar-refractivity contribution in [1.82, 2.24) is 15.0 Å². The molecule has 3 heterocycles. The summed E-state index contributed by atoms with van der Waals surface area (Å²) in [4.78, 5) is 30.9. The van der Waals surface area contributed by atoms with Crippen molar-refractivity contribution in [1.29, 1.82) is 0 Å². The number of halogens is 2. The van der Waals surface area contributed by atoms with Gasteiger partial charge >= 0.3 is 0 Å². The lowest BCUT2D eigenvalue weighted by atomic mass is 9.75. The van der Waals surface area contributed by atoms with Gasteiger partial charge in [0.1, 0.15) is 22.8 Å². The highest BCUT2D eigenvalue weighted by molar-refractivity contribution is 6.33. The Labute approximate surface area is 239 Å². The van der Waals surface area contributed by atoms with Gasteiger partial charge in [-0.15, -0.1) is 0 Å². The van der Waals surface area contributed by atoms with Crippen LogP contribution in [0.3, 0.4) is 0 Å². The number of piperidine rings is 2. The number of rotatable bonds is 7. The molecule has 0 atom stereocenters. The molecule has 0 aliphatic carbocycles. The van der Waals surface area contributed by atoms with E-state index in [1.54, 1.807) is 25.1 Å². The van der Waals surface area contributed by atoms with Crippen LogP contribution in [0.2, 0.25) is 10.0 Å². The van der Waals surface area contributed by atoms with Crippen molar-refractivity contribution in [3.63, 3.8) is 0 Å². The van der Waals surface area contributed by atoms with E-state index in [1.807, 2.05) is 40.1 Å². The summed E-state index contributed by atoms with van der Waals surface area (Å²) in [6, 6.07) is 14.6. The third kappa shape index (κ3) is 6.25. The summed E-state index contributed by atoms with van der Waals surface area (Å²) in [5.41, 5.74) is 1.16. The fourth-order valence-electron chi connectivity index (χ4n) is 5.52. The van der Waals surface area contributed by atoms with Crippen molar-refractivity contribution in [2.24, 2.45) is 5.41 Å². The van der Waals surface area contributed by atoms with Gasteiger partial charge in [0.15, 0.2) is 0 Å². The molecule has 0 saturated carbocycles. The highest BCUT2D eigenvalue weighted by Gasteiger charge is 2.41. The minimum absolute atomic E-state index is 0.141. The number of carbonyl (C=O) groups is 2. The van der Waals surface area contributed by atoms with Crippen LogP contribution in [0.5, 0.6) is 5.75 Å². The predicted molar refractivity (Wildman–Crippen MR) is 151 cm³/mol. The average Bonchev–Trinajstić information content (AvgIpc) is 3.34. The minimum Gasteiger partial charge on any atom is -0.493 e. The molecule has 2 aliphatic rings. The Morgan fingerprint density at radius 1 is 0.949 bits per heavy atom. The van der Waals surface area contributed by atoms with E-state index in [0.29, 0.717) is 77.3 Å². The zero-order valence-electron chi connectivity index (χ0n) is 22.1. The zero-order valence-corrected chi connectivity index (χ0v) is 23.6. The molecule has 39 heavy (non-hydrogen) atoms. The van der Waals surface area contributed by atoms with E-state index in [2.05, 4.69) is 5.16 Å². The second-order valence-corrected chi connectivity index (χ2v) is 11.4. The molecule has 0 unspecified atom stereocenters. The number of aromatic nitrogens is 1. The molecule has 2 amide bonds. The van der Waals surface area contributed by atoms with Crippen molar-refractivity contribution in [3.05, 3.63) is 69.9 Å². The van der Waals surface area contributed by atoms with Crippen molar-refractivity contribution in [2.75, 3.05) is 32.8 Å². The Bertz CT molecular complexity index is 1310. The van der Waals surface area contributed by atoms with E-state index in [0.717, 1.165) is 25.9 Å². The molecular weight excluding hydrogens is 537 g/mol. The number of hydrogen-bond acceptors (Lipinski definition) is 5. The number of nitrogens with zero attached hydrogens (tertiary/aromatic N) is 3. The summed E-state index contributed by atoms with van der Waals surface area (Å²) in [5, 5.41) is 5.32. The number of benzene rings is 2. The van der Waals surface area contributed by atoms with Crippen LogP contribution in [-0.2, 0) is 4.79 Å². The highest BCUT2D eigenvalue weighted by atomic mass is 35.5. The van der Waals surface area contributed by atoms with Gasteiger partial charge in [0.05, 0.1) is 11.6 Å². The van der Waals surface area contributed by atoms with Gasteiger partial charge in [0.2, 0.25) is 5.91 Å². The molecule has 0 bridgehead atoms. The van der Waals surface area contributed by atoms with Crippen LogP contribution in [-0.4, -0.2) is 59.6 Å². The first-order chi connectivity index (χ1) is 18.8. The summed E-state index contributed by atoms with van der Waals surface area (Å²) < 4.78 is 11.6. The third-order valence-electron chi connectivity index (χ3n) is 7.91. The molecule has 0 radical (unpaired) electrons. The molecule has 7 nitrogen and oxygen atoms in total. The van der Waals surface area contributed by atoms with Gasteiger partial charge < -0.3 is 19.1 Å². The van der Waals surface area contributed by atoms with E-state index >= 15 is 0 Å². The van der Waals surface area contributed by atoms with Gasteiger partial charge in [-0.1, -0.05) is 46.6 Å². The maximum Gasteiger partial charge on any atom is 0.259 e. The first kappa shape index (κ1) is 27.5. The fourth-order valence-corrected chi connectivity index (χ4v) is 5.87. The molecule has 9 heteroatoms. The number of hydrogen-bond donors (Lipinski definition) is 0.